The van der Waals surface area contributed by atoms with Crippen LogP contribution in [0.3, 0.4) is 0 Å². The van der Waals surface area contributed by atoms with Gasteiger partial charge in [-0.2, -0.15) is 5.26 Å². The van der Waals surface area contributed by atoms with E-state index in [2.05, 4.69) is 0 Å². The molecule has 2 aromatic carbocycles. The summed E-state index contributed by atoms with van der Waals surface area (Å²) in [4.78, 5) is 12.7. The Labute approximate surface area is 153 Å². The van der Waals surface area contributed by atoms with Crippen LogP contribution in [0.2, 0.25) is 10.0 Å². The van der Waals surface area contributed by atoms with Crippen molar-refractivity contribution in [1.82, 2.24) is 4.57 Å². The lowest BCUT2D eigenvalue weighted by Gasteiger charge is -2.15. The Morgan fingerprint density at radius 3 is 2.24 bits per heavy atom. The van der Waals surface area contributed by atoms with Crippen LogP contribution in [0.4, 0.5) is 4.39 Å². The maximum absolute atomic E-state index is 13.2. The summed E-state index contributed by atoms with van der Waals surface area (Å²) in [5, 5.41) is 10.00. The van der Waals surface area contributed by atoms with Crippen LogP contribution in [0.1, 0.15) is 11.1 Å². The largest absolute Gasteiger partial charge is 0.303 e. The van der Waals surface area contributed by atoms with E-state index in [-0.39, 0.29) is 17.9 Å². The van der Waals surface area contributed by atoms with Gasteiger partial charge in [-0.15, -0.1) is 0 Å². The van der Waals surface area contributed by atoms with Gasteiger partial charge in [-0.3, -0.25) is 4.79 Å². The number of aromatic nitrogens is 1. The van der Waals surface area contributed by atoms with E-state index in [9.17, 15) is 9.18 Å². The van der Waals surface area contributed by atoms with E-state index < -0.39 is 5.56 Å². The molecule has 25 heavy (non-hydrogen) atoms. The molecule has 0 radical (unpaired) electrons. The fraction of sp³-hybridized carbons (Fsp3) is 0.0526. The quantitative estimate of drug-likeness (QED) is 0.657. The summed E-state index contributed by atoms with van der Waals surface area (Å²) in [5.41, 5.74) is 1.31. The summed E-state index contributed by atoms with van der Waals surface area (Å²) >= 11 is 12.4. The van der Waals surface area contributed by atoms with E-state index in [1.807, 2.05) is 6.07 Å². The second-order valence-corrected chi connectivity index (χ2v) is 6.16. The van der Waals surface area contributed by atoms with E-state index in [0.29, 0.717) is 26.9 Å². The molecule has 124 valence electrons. The first-order chi connectivity index (χ1) is 12.0. The SMILES string of the molecule is N#Cc1ccc(-c2ccc(F)cc2)n(Cc2c(Cl)cccc2Cl)c1=O. The Bertz CT molecular complexity index is 1020. The Balaban J connectivity index is 2.21. The first-order valence-corrected chi connectivity index (χ1v) is 8.09. The molecule has 0 N–H and O–H groups in total. The summed E-state index contributed by atoms with van der Waals surface area (Å²) in [6.45, 7) is 0.0968. The van der Waals surface area contributed by atoms with Crippen LogP contribution < -0.4 is 5.56 Å². The highest BCUT2D eigenvalue weighted by Crippen LogP contribution is 2.27. The van der Waals surface area contributed by atoms with Gasteiger partial charge in [0.1, 0.15) is 17.4 Å². The van der Waals surface area contributed by atoms with Crippen molar-refractivity contribution in [1.29, 1.82) is 5.26 Å². The molecule has 0 fully saturated rings. The predicted molar refractivity (Wildman–Crippen MR) is 96.4 cm³/mol. The van der Waals surface area contributed by atoms with Gasteiger partial charge in [-0.05, 0) is 54.1 Å². The Kier molecular flexibility index (Phi) is 4.89. The molecule has 1 aromatic heterocycles. The van der Waals surface area contributed by atoms with Crippen molar-refractivity contribution in [2.75, 3.05) is 0 Å². The van der Waals surface area contributed by atoms with Gasteiger partial charge in [-0.25, -0.2) is 4.39 Å². The molecule has 3 rings (SSSR count). The Hall–Kier alpha value is -2.61. The molecule has 3 aromatic rings. The third-order valence-corrected chi connectivity index (χ3v) is 4.52. The predicted octanol–water partition coefficient (Wildman–Crippen LogP) is 4.88. The Morgan fingerprint density at radius 2 is 1.64 bits per heavy atom. The van der Waals surface area contributed by atoms with E-state index in [4.69, 9.17) is 28.5 Å². The maximum Gasteiger partial charge on any atom is 0.269 e. The second-order valence-electron chi connectivity index (χ2n) is 5.34. The summed E-state index contributed by atoms with van der Waals surface area (Å²) in [5.74, 6) is -0.375. The van der Waals surface area contributed by atoms with Crippen LogP contribution in [0.5, 0.6) is 0 Å². The molecular formula is C19H11Cl2FN2O. The monoisotopic (exact) mass is 372 g/mol. The van der Waals surface area contributed by atoms with Gasteiger partial charge >= 0.3 is 0 Å². The third kappa shape index (κ3) is 3.43. The minimum Gasteiger partial charge on any atom is -0.303 e. The van der Waals surface area contributed by atoms with E-state index in [1.54, 1.807) is 36.4 Å². The lowest BCUT2D eigenvalue weighted by molar-refractivity contribution is 0.628. The molecule has 0 amide bonds. The molecule has 0 aliphatic rings. The van der Waals surface area contributed by atoms with Gasteiger partial charge in [0.25, 0.3) is 5.56 Å². The smallest absolute Gasteiger partial charge is 0.269 e. The number of halogens is 3. The molecule has 0 bridgehead atoms. The molecule has 0 saturated heterocycles. The van der Waals surface area contributed by atoms with E-state index >= 15 is 0 Å². The summed E-state index contributed by atoms with van der Waals surface area (Å²) in [6.07, 6.45) is 0. The van der Waals surface area contributed by atoms with Crippen LogP contribution in [-0.4, -0.2) is 4.57 Å². The minimum absolute atomic E-state index is 0.00837. The van der Waals surface area contributed by atoms with Crippen molar-refractivity contribution in [3.8, 4) is 17.3 Å². The van der Waals surface area contributed by atoms with Crippen LogP contribution in [-0.2, 0) is 6.54 Å². The number of nitrogens with zero attached hydrogens (tertiary/aromatic N) is 2. The molecule has 0 aliphatic heterocycles. The highest BCUT2D eigenvalue weighted by Gasteiger charge is 2.14. The van der Waals surface area contributed by atoms with Gasteiger partial charge in [-0.1, -0.05) is 29.3 Å². The summed E-state index contributed by atoms with van der Waals surface area (Å²) in [7, 11) is 0. The van der Waals surface area contributed by atoms with Crippen LogP contribution in [0.15, 0.2) is 59.4 Å². The first kappa shape index (κ1) is 17.2. The van der Waals surface area contributed by atoms with Gasteiger partial charge in [0.05, 0.1) is 12.2 Å². The summed E-state index contributed by atoms with van der Waals surface area (Å²) in [6, 6.07) is 15.8. The molecule has 0 spiro atoms. The zero-order valence-electron chi connectivity index (χ0n) is 12.8. The molecule has 0 unspecified atom stereocenters. The van der Waals surface area contributed by atoms with Gasteiger partial charge in [0.2, 0.25) is 0 Å². The van der Waals surface area contributed by atoms with Crippen LogP contribution >= 0.6 is 23.2 Å². The van der Waals surface area contributed by atoms with Gasteiger partial charge in [0, 0.05) is 15.6 Å². The van der Waals surface area contributed by atoms with E-state index in [1.165, 1.54) is 22.8 Å². The third-order valence-electron chi connectivity index (χ3n) is 3.81. The second kappa shape index (κ2) is 7.10. The molecule has 0 saturated carbocycles. The van der Waals surface area contributed by atoms with Gasteiger partial charge in [0.15, 0.2) is 0 Å². The highest BCUT2D eigenvalue weighted by molar-refractivity contribution is 6.35. The zero-order chi connectivity index (χ0) is 18.0. The normalized spacial score (nSPS) is 10.5. The molecule has 3 nitrogen and oxygen atoms in total. The lowest BCUT2D eigenvalue weighted by atomic mass is 10.1. The van der Waals surface area contributed by atoms with E-state index in [0.717, 1.165) is 0 Å². The number of nitriles is 1. The maximum atomic E-state index is 13.2. The number of hydrogen-bond donors (Lipinski definition) is 0. The highest BCUT2D eigenvalue weighted by atomic mass is 35.5. The first-order valence-electron chi connectivity index (χ1n) is 7.34. The number of pyridine rings is 1. The fourth-order valence-electron chi connectivity index (χ4n) is 2.53. The Morgan fingerprint density at radius 1 is 1.00 bits per heavy atom. The molecule has 0 atom stereocenters. The number of hydrogen-bond acceptors (Lipinski definition) is 2. The molecule has 6 heteroatoms. The van der Waals surface area contributed by atoms with Gasteiger partial charge < -0.3 is 4.57 Å². The van der Waals surface area contributed by atoms with Crippen molar-refractivity contribution < 1.29 is 4.39 Å². The average molecular weight is 373 g/mol. The van der Waals surface area contributed by atoms with Crippen molar-refractivity contribution in [3.05, 3.63) is 91.9 Å². The topological polar surface area (TPSA) is 45.8 Å². The average Bonchev–Trinajstić information content (AvgIpc) is 2.60. The van der Waals surface area contributed by atoms with Crippen molar-refractivity contribution in [2.24, 2.45) is 0 Å². The minimum atomic E-state index is -0.458. The van der Waals surface area contributed by atoms with Crippen molar-refractivity contribution in [2.45, 2.75) is 6.54 Å². The lowest BCUT2D eigenvalue weighted by Crippen LogP contribution is -2.24. The molecular weight excluding hydrogens is 362 g/mol. The molecule has 1 heterocycles. The standard InChI is InChI=1S/C19H11Cl2FN2O/c20-16-2-1-3-17(21)15(16)11-24-18(9-6-13(10-23)19(24)25)12-4-7-14(22)8-5-12/h1-9H,11H2. The van der Waals surface area contributed by atoms with Crippen LogP contribution in [0.25, 0.3) is 11.3 Å². The number of benzene rings is 2. The number of rotatable bonds is 3. The van der Waals surface area contributed by atoms with Crippen molar-refractivity contribution in [3.63, 3.8) is 0 Å². The zero-order valence-corrected chi connectivity index (χ0v) is 14.4. The van der Waals surface area contributed by atoms with Crippen LogP contribution in [0, 0.1) is 17.1 Å². The van der Waals surface area contributed by atoms with Crippen molar-refractivity contribution >= 4 is 23.2 Å². The molecule has 0 aliphatic carbocycles. The fourth-order valence-corrected chi connectivity index (χ4v) is 3.05. The summed E-state index contributed by atoms with van der Waals surface area (Å²) < 4.78 is 14.6.